The van der Waals surface area contributed by atoms with E-state index in [0.717, 1.165) is 6.20 Å². The maximum Gasteiger partial charge on any atom is 0.338 e. The molecule has 2 aromatic carbocycles. The summed E-state index contributed by atoms with van der Waals surface area (Å²) in [7, 11) is -3.99. The molecule has 0 atom stereocenters. The van der Waals surface area contributed by atoms with Crippen LogP contribution in [0.2, 0.25) is 5.02 Å². The fourth-order valence-electron chi connectivity index (χ4n) is 2.01. The van der Waals surface area contributed by atoms with E-state index in [4.69, 9.17) is 16.3 Å². The predicted molar refractivity (Wildman–Crippen MR) is 98.4 cm³/mol. The van der Waals surface area contributed by atoms with Crippen molar-refractivity contribution in [3.05, 3.63) is 70.2 Å². The third-order valence-electron chi connectivity index (χ3n) is 3.27. The second-order valence-corrected chi connectivity index (χ2v) is 7.38. The number of nitriles is 1. The Bertz CT molecular complexity index is 977. The molecule has 0 aliphatic heterocycles. The largest absolute Gasteiger partial charge is 0.462 e. The molecule has 8 heteroatoms. The first-order valence-electron chi connectivity index (χ1n) is 7.53. The van der Waals surface area contributed by atoms with Crippen molar-refractivity contribution in [2.75, 3.05) is 11.9 Å². The smallest absolute Gasteiger partial charge is 0.338 e. The number of nitrogens with one attached hydrogen (secondary N) is 1. The highest BCUT2D eigenvalue weighted by Crippen LogP contribution is 2.21. The van der Waals surface area contributed by atoms with Gasteiger partial charge in [0.15, 0.2) is 4.91 Å². The van der Waals surface area contributed by atoms with E-state index >= 15 is 0 Å². The van der Waals surface area contributed by atoms with Crippen molar-refractivity contribution in [3.8, 4) is 6.07 Å². The van der Waals surface area contributed by atoms with Gasteiger partial charge in [-0.25, -0.2) is 13.2 Å². The van der Waals surface area contributed by atoms with Gasteiger partial charge in [-0.05, 0) is 49.4 Å². The van der Waals surface area contributed by atoms with Gasteiger partial charge < -0.3 is 10.1 Å². The zero-order valence-electron chi connectivity index (χ0n) is 13.8. The van der Waals surface area contributed by atoms with Gasteiger partial charge in [-0.2, -0.15) is 5.26 Å². The van der Waals surface area contributed by atoms with Gasteiger partial charge in [0.2, 0.25) is 9.84 Å². The van der Waals surface area contributed by atoms with Crippen molar-refractivity contribution in [1.29, 1.82) is 5.26 Å². The highest BCUT2D eigenvalue weighted by molar-refractivity contribution is 7.95. The standard InChI is InChI=1S/C18H15ClN2O4S/c1-2-25-18(22)13-4-3-5-15(10-13)21-12-17(11-20)26(23,24)16-8-6-14(19)7-9-16/h3-10,12,21H,2H2,1H3. The zero-order chi connectivity index (χ0) is 19.2. The first kappa shape index (κ1) is 19.5. The maximum absolute atomic E-state index is 12.5. The Hall–Kier alpha value is -2.82. The van der Waals surface area contributed by atoms with E-state index in [0.29, 0.717) is 16.3 Å². The number of benzene rings is 2. The molecule has 0 aromatic heterocycles. The molecule has 0 saturated heterocycles. The number of carbonyl (C=O) groups is 1. The summed E-state index contributed by atoms with van der Waals surface area (Å²) in [5.74, 6) is -0.491. The molecule has 0 amide bonds. The Morgan fingerprint density at radius 1 is 1.27 bits per heavy atom. The Morgan fingerprint density at radius 2 is 1.96 bits per heavy atom. The molecule has 1 N–H and O–H groups in total. The molecule has 2 rings (SSSR count). The number of carbonyl (C=O) groups excluding carboxylic acids is 1. The van der Waals surface area contributed by atoms with Crippen LogP contribution in [0.4, 0.5) is 5.69 Å². The number of ether oxygens (including phenoxy) is 1. The van der Waals surface area contributed by atoms with Crippen molar-refractivity contribution in [2.24, 2.45) is 0 Å². The van der Waals surface area contributed by atoms with Crippen LogP contribution in [0.5, 0.6) is 0 Å². The summed E-state index contributed by atoms with van der Waals surface area (Å²) in [5.41, 5.74) is 0.749. The molecule has 0 heterocycles. The van der Waals surface area contributed by atoms with Crippen LogP contribution < -0.4 is 5.32 Å². The molecule has 0 aliphatic rings. The lowest BCUT2D eigenvalue weighted by Crippen LogP contribution is -2.07. The number of hydrogen-bond acceptors (Lipinski definition) is 6. The van der Waals surface area contributed by atoms with Crippen LogP contribution in [0.3, 0.4) is 0 Å². The van der Waals surface area contributed by atoms with Crippen LogP contribution >= 0.6 is 11.6 Å². The summed E-state index contributed by atoms with van der Waals surface area (Å²) in [6.07, 6.45) is 1.08. The molecule has 2 aromatic rings. The van der Waals surface area contributed by atoms with Gasteiger partial charge in [-0.1, -0.05) is 17.7 Å². The van der Waals surface area contributed by atoms with Gasteiger partial charge in [0.1, 0.15) is 6.07 Å². The van der Waals surface area contributed by atoms with Crippen molar-refractivity contribution < 1.29 is 17.9 Å². The minimum Gasteiger partial charge on any atom is -0.462 e. The van der Waals surface area contributed by atoms with E-state index in [1.807, 2.05) is 0 Å². The molecule has 0 spiro atoms. The lowest BCUT2D eigenvalue weighted by Gasteiger charge is -2.07. The summed E-state index contributed by atoms with van der Waals surface area (Å²) >= 11 is 5.75. The second-order valence-electron chi connectivity index (χ2n) is 5.02. The minimum atomic E-state index is -3.99. The van der Waals surface area contributed by atoms with Crippen LogP contribution in [0, 0.1) is 11.3 Å². The first-order valence-corrected chi connectivity index (χ1v) is 9.39. The monoisotopic (exact) mass is 390 g/mol. The molecule has 0 radical (unpaired) electrons. The highest BCUT2D eigenvalue weighted by atomic mass is 35.5. The van der Waals surface area contributed by atoms with Gasteiger partial charge in [-0.15, -0.1) is 0 Å². The van der Waals surface area contributed by atoms with Crippen molar-refractivity contribution in [2.45, 2.75) is 11.8 Å². The van der Waals surface area contributed by atoms with Crippen LogP contribution in [-0.2, 0) is 14.6 Å². The molecule has 0 unspecified atom stereocenters. The molecule has 0 bridgehead atoms. The average molecular weight is 391 g/mol. The van der Waals surface area contributed by atoms with Gasteiger partial charge in [0.25, 0.3) is 0 Å². The molecule has 134 valence electrons. The quantitative estimate of drug-likeness (QED) is 0.595. The summed E-state index contributed by atoms with van der Waals surface area (Å²) in [4.78, 5) is 11.2. The molecule has 26 heavy (non-hydrogen) atoms. The van der Waals surface area contributed by atoms with E-state index in [1.54, 1.807) is 31.2 Å². The summed E-state index contributed by atoms with van der Waals surface area (Å²) in [6, 6.07) is 13.5. The number of allylic oxidation sites excluding steroid dienone is 1. The molecule has 0 fully saturated rings. The van der Waals surface area contributed by atoms with Crippen molar-refractivity contribution in [1.82, 2.24) is 0 Å². The topological polar surface area (TPSA) is 96.3 Å². The Morgan fingerprint density at radius 3 is 2.58 bits per heavy atom. The number of rotatable bonds is 6. The van der Waals surface area contributed by atoms with Crippen LogP contribution in [0.15, 0.2) is 64.5 Å². The molecular weight excluding hydrogens is 376 g/mol. The molecular formula is C18H15ClN2O4S. The van der Waals surface area contributed by atoms with Crippen LogP contribution in [-0.4, -0.2) is 21.0 Å². The van der Waals surface area contributed by atoms with Crippen LogP contribution in [0.1, 0.15) is 17.3 Å². The van der Waals surface area contributed by atoms with E-state index in [2.05, 4.69) is 5.32 Å². The van der Waals surface area contributed by atoms with E-state index < -0.39 is 20.7 Å². The zero-order valence-corrected chi connectivity index (χ0v) is 15.3. The summed E-state index contributed by atoms with van der Waals surface area (Å²) in [6.45, 7) is 1.94. The third-order valence-corrected chi connectivity index (χ3v) is 5.20. The van der Waals surface area contributed by atoms with Gasteiger partial charge in [0, 0.05) is 16.9 Å². The molecule has 0 saturated carbocycles. The Labute approximate surface area is 156 Å². The maximum atomic E-state index is 12.5. The summed E-state index contributed by atoms with van der Waals surface area (Å²) < 4.78 is 29.9. The van der Waals surface area contributed by atoms with E-state index in [9.17, 15) is 18.5 Å². The third kappa shape index (κ3) is 4.63. The number of halogens is 1. The lowest BCUT2D eigenvalue weighted by molar-refractivity contribution is 0.0526. The average Bonchev–Trinajstić information content (AvgIpc) is 2.63. The van der Waals surface area contributed by atoms with E-state index in [-0.39, 0.29) is 11.5 Å². The number of sulfone groups is 1. The summed E-state index contributed by atoms with van der Waals surface area (Å²) in [5, 5.41) is 12.3. The Kier molecular flexibility index (Phi) is 6.39. The van der Waals surface area contributed by atoms with Crippen LogP contribution in [0.25, 0.3) is 0 Å². The fourth-order valence-corrected chi connectivity index (χ4v) is 3.22. The van der Waals surface area contributed by atoms with Gasteiger partial charge in [0.05, 0.1) is 17.1 Å². The van der Waals surface area contributed by atoms with Gasteiger partial charge in [-0.3, -0.25) is 0 Å². The number of anilines is 1. The molecule has 6 nitrogen and oxygen atoms in total. The second kappa shape index (κ2) is 8.52. The Balaban J connectivity index is 2.27. The molecule has 0 aliphatic carbocycles. The number of esters is 1. The highest BCUT2D eigenvalue weighted by Gasteiger charge is 2.20. The normalized spacial score (nSPS) is 11.5. The fraction of sp³-hybridized carbons (Fsp3) is 0.111. The van der Waals surface area contributed by atoms with Crippen molar-refractivity contribution >= 4 is 33.1 Å². The lowest BCUT2D eigenvalue weighted by atomic mass is 10.2. The number of nitrogens with zero attached hydrogens (tertiary/aromatic N) is 1. The first-order chi connectivity index (χ1) is 12.4. The van der Waals surface area contributed by atoms with E-state index in [1.165, 1.54) is 30.3 Å². The SMILES string of the molecule is CCOC(=O)c1cccc(NC=C(C#N)S(=O)(=O)c2ccc(Cl)cc2)c1. The van der Waals surface area contributed by atoms with Gasteiger partial charge >= 0.3 is 5.97 Å². The minimum absolute atomic E-state index is 0.0447. The predicted octanol–water partition coefficient (Wildman–Crippen LogP) is 3.77. The number of hydrogen-bond donors (Lipinski definition) is 1. The van der Waals surface area contributed by atoms with Crippen molar-refractivity contribution in [3.63, 3.8) is 0 Å².